The zero-order chi connectivity index (χ0) is 19.8. The maximum Gasteiger partial charge on any atom is 0.258 e. The summed E-state index contributed by atoms with van der Waals surface area (Å²) in [6, 6.07) is 12.4. The summed E-state index contributed by atoms with van der Waals surface area (Å²) in [7, 11) is 0. The van der Waals surface area contributed by atoms with Gasteiger partial charge in [-0.1, -0.05) is 6.07 Å². The molecule has 1 aromatic carbocycles. The molecule has 29 heavy (non-hydrogen) atoms. The number of aryl methyl sites for hydroxylation is 2. The van der Waals surface area contributed by atoms with Gasteiger partial charge >= 0.3 is 0 Å². The van der Waals surface area contributed by atoms with Gasteiger partial charge in [-0.3, -0.25) is 14.3 Å². The van der Waals surface area contributed by atoms with Crippen LogP contribution >= 0.6 is 11.3 Å². The Labute approximate surface area is 171 Å². The monoisotopic (exact) mass is 406 g/mol. The number of hydrogen-bond acceptors (Lipinski definition) is 4. The van der Waals surface area contributed by atoms with Gasteiger partial charge in [0.15, 0.2) is 0 Å². The third-order valence-corrected chi connectivity index (χ3v) is 6.54. The Bertz CT molecular complexity index is 1240. The number of hydrogen-bond donors (Lipinski definition) is 0. The third-order valence-electron chi connectivity index (χ3n) is 5.29. The summed E-state index contributed by atoms with van der Waals surface area (Å²) in [5, 5.41) is 1.33. The van der Waals surface area contributed by atoms with E-state index in [0.29, 0.717) is 11.4 Å². The summed E-state index contributed by atoms with van der Waals surface area (Å²) >= 11 is 1.85. The highest BCUT2D eigenvalue weighted by molar-refractivity contribution is 7.19. The molecule has 1 aliphatic rings. The van der Waals surface area contributed by atoms with Gasteiger partial charge in [0.05, 0.1) is 17.6 Å². The molecule has 0 aliphatic heterocycles. The van der Waals surface area contributed by atoms with Crippen LogP contribution in [0.2, 0.25) is 0 Å². The quantitative estimate of drug-likeness (QED) is 0.477. The van der Waals surface area contributed by atoms with E-state index < -0.39 is 0 Å². The number of halogens is 1. The van der Waals surface area contributed by atoms with Gasteiger partial charge in [-0.2, -0.15) is 0 Å². The number of ether oxygens (including phenoxy) is 1. The minimum absolute atomic E-state index is 0.157. The zero-order valence-electron chi connectivity index (χ0n) is 15.7. The van der Waals surface area contributed by atoms with Crippen molar-refractivity contribution in [3.63, 3.8) is 0 Å². The van der Waals surface area contributed by atoms with Crippen LogP contribution in [0.15, 0.2) is 59.7 Å². The van der Waals surface area contributed by atoms with Crippen molar-refractivity contribution in [2.45, 2.75) is 32.3 Å². The normalized spacial score (nSPS) is 13.4. The number of benzene rings is 1. The van der Waals surface area contributed by atoms with Crippen molar-refractivity contribution in [1.29, 1.82) is 0 Å². The van der Waals surface area contributed by atoms with Crippen LogP contribution in [0.3, 0.4) is 0 Å². The number of fused-ring (bicyclic) bond motifs is 3. The van der Waals surface area contributed by atoms with Gasteiger partial charge in [-0.15, -0.1) is 11.3 Å². The van der Waals surface area contributed by atoms with Gasteiger partial charge in [0.25, 0.3) is 5.56 Å². The van der Waals surface area contributed by atoms with Crippen LogP contribution in [-0.2, 0) is 19.4 Å². The SMILES string of the molecule is O=c1cc(OCc2ccc(F)cn2)ccn1-c1ccc2c3c(sc2c1)CCCC3. The first-order valence-electron chi connectivity index (χ1n) is 9.68. The van der Waals surface area contributed by atoms with E-state index in [9.17, 15) is 9.18 Å². The van der Waals surface area contributed by atoms with E-state index in [1.165, 1.54) is 51.9 Å². The molecule has 0 fully saturated rings. The van der Waals surface area contributed by atoms with Gasteiger partial charge in [0, 0.05) is 21.8 Å². The average molecular weight is 406 g/mol. The van der Waals surface area contributed by atoms with E-state index in [0.717, 1.165) is 18.3 Å². The molecule has 0 unspecified atom stereocenters. The molecule has 0 radical (unpaired) electrons. The molecule has 6 heteroatoms. The Balaban J connectivity index is 1.39. The van der Waals surface area contributed by atoms with Crippen LogP contribution in [-0.4, -0.2) is 9.55 Å². The van der Waals surface area contributed by atoms with Crippen molar-refractivity contribution in [1.82, 2.24) is 9.55 Å². The van der Waals surface area contributed by atoms with Crippen LogP contribution in [0, 0.1) is 5.82 Å². The van der Waals surface area contributed by atoms with Gasteiger partial charge < -0.3 is 4.74 Å². The maximum atomic E-state index is 12.9. The van der Waals surface area contributed by atoms with E-state index in [2.05, 4.69) is 17.1 Å². The predicted octanol–water partition coefficient (Wildman–Crippen LogP) is 5.04. The number of aromatic nitrogens is 2. The third kappa shape index (κ3) is 3.56. The molecule has 146 valence electrons. The molecule has 0 saturated carbocycles. The van der Waals surface area contributed by atoms with Crippen molar-refractivity contribution < 1.29 is 9.13 Å². The first kappa shape index (κ1) is 18.1. The molecule has 0 atom stereocenters. The fraction of sp³-hybridized carbons (Fsp3) is 0.217. The highest BCUT2D eigenvalue weighted by Crippen LogP contribution is 2.37. The summed E-state index contributed by atoms with van der Waals surface area (Å²) in [6.45, 7) is 0.177. The number of nitrogens with zero attached hydrogens (tertiary/aromatic N) is 2. The highest BCUT2D eigenvalue weighted by atomic mass is 32.1. The lowest BCUT2D eigenvalue weighted by Gasteiger charge is -2.11. The van der Waals surface area contributed by atoms with Gasteiger partial charge in [-0.05, 0) is 67.0 Å². The minimum atomic E-state index is -0.389. The van der Waals surface area contributed by atoms with Crippen molar-refractivity contribution in [3.8, 4) is 11.4 Å². The first-order chi connectivity index (χ1) is 14.2. The predicted molar refractivity (Wildman–Crippen MR) is 113 cm³/mol. The summed E-state index contributed by atoms with van der Waals surface area (Å²) in [4.78, 5) is 18.1. The van der Waals surface area contributed by atoms with Crippen LogP contribution in [0.25, 0.3) is 15.8 Å². The fourth-order valence-corrected chi connectivity index (χ4v) is 5.14. The standard InChI is InChI=1S/C23H19FN2O2S/c24-15-5-6-16(25-13-15)14-28-18-9-10-26(23(27)12-18)17-7-8-20-19-3-1-2-4-21(19)29-22(20)11-17/h5-13H,1-4,14H2. The van der Waals surface area contributed by atoms with Gasteiger partial charge in [-0.25, -0.2) is 4.39 Å². The van der Waals surface area contributed by atoms with E-state index >= 15 is 0 Å². The Hall–Kier alpha value is -2.99. The van der Waals surface area contributed by atoms with Crippen LogP contribution in [0.5, 0.6) is 5.75 Å². The molecule has 3 heterocycles. The smallest absolute Gasteiger partial charge is 0.258 e. The zero-order valence-corrected chi connectivity index (χ0v) is 16.5. The highest BCUT2D eigenvalue weighted by Gasteiger charge is 2.16. The topological polar surface area (TPSA) is 44.1 Å². The molecular formula is C23H19FN2O2S. The molecule has 4 nitrogen and oxygen atoms in total. The number of pyridine rings is 2. The largest absolute Gasteiger partial charge is 0.487 e. The van der Waals surface area contributed by atoms with Gasteiger partial charge in [0.1, 0.15) is 18.2 Å². The molecular weight excluding hydrogens is 387 g/mol. The molecule has 0 N–H and O–H groups in total. The summed E-state index contributed by atoms with van der Waals surface area (Å²) in [5.74, 6) is 0.0740. The lowest BCUT2D eigenvalue weighted by molar-refractivity contribution is 0.300. The van der Waals surface area contributed by atoms with Crippen LogP contribution < -0.4 is 10.3 Å². The summed E-state index contributed by atoms with van der Waals surface area (Å²) < 4.78 is 21.4. The van der Waals surface area contributed by atoms with Crippen molar-refractivity contribution >= 4 is 21.4 Å². The Kier molecular flexibility index (Phi) is 4.64. The first-order valence-corrected chi connectivity index (χ1v) is 10.5. The van der Waals surface area contributed by atoms with E-state index in [1.807, 2.05) is 17.4 Å². The molecule has 0 spiro atoms. The summed E-state index contributed by atoms with van der Waals surface area (Å²) in [6.07, 6.45) is 7.72. The average Bonchev–Trinajstić information content (AvgIpc) is 3.11. The van der Waals surface area contributed by atoms with Crippen LogP contribution in [0.4, 0.5) is 4.39 Å². The lowest BCUT2D eigenvalue weighted by atomic mass is 9.96. The van der Waals surface area contributed by atoms with E-state index in [1.54, 1.807) is 22.9 Å². The van der Waals surface area contributed by atoms with E-state index in [4.69, 9.17) is 4.74 Å². The molecule has 1 aliphatic carbocycles. The molecule has 0 saturated heterocycles. The Morgan fingerprint density at radius 1 is 1.10 bits per heavy atom. The second-order valence-corrected chi connectivity index (χ2v) is 8.36. The van der Waals surface area contributed by atoms with Crippen molar-refractivity contribution in [2.75, 3.05) is 0 Å². The number of thiophene rings is 1. The fourth-order valence-electron chi connectivity index (χ4n) is 3.82. The Morgan fingerprint density at radius 3 is 2.83 bits per heavy atom. The van der Waals surface area contributed by atoms with Gasteiger partial charge in [0.2, 0.25) is 0 Å². The molecule has 3 aromatic heterocycles. The molecule has 5 rings (SSSR count). The molecule has 4 aromatic rings. The lowest BCUT2D eigenvalue weighted by Crippen LogP contribution is -2.16. The van der Waals surface area contributed by atoms with Crippen LogP contribution in [0.1, 0.15) is 29.0 Å². The van der Waals surface area contributed by atoms with E-state index in [-0.39, 0.29) is 18.0 Å². The number of rotatable bonds is 4. The second-order valence-electron chi connectivity index (χ2n) is 7.22. The molecule has 0 amide bonds. The van der Waals surface area contributed by atoms with Crippen molar-refractivity contribution in [2.24, 2.45) is 0 Å². The maximum absolute atomic E-state index is 12.9. The minimum Gasteiger partial charge on any atom is -0.487 e. The molecule has 0 bridgehead atoms. The second kappa shape index (κ2) is 7.44. The summed E-state index contributed by atoms with van der Waals surface area (Å²) in [5.41, 5.74) is 2.79. The Morgan fingerprint density at radius 2 is 2.00 bits per heavy atom. The van der Waals surface area contributed by atoms with Crippen molar-refractivity contribution in [3.05, 3.63) is 87.2 Å².